The molecule has 0 bridgehead atoms. The van der Waals surface area contributed by atoms with Crippen LogP contribution in [0, 0.1) is 0 Å². The fraction of sp³-hybridized carbons (Fsp3) is 0.412. The molecule has 5 nitrogen and oxygen atoms in total. The molecular formula is C17H20N4O. The molecule has 1 aliphatic heterocycles. The monoisotopic (exact) mass is 296 g/mol. The molecule has 2 aliphatic rings. The maximum Gasteiger partial charge on any atom is 0.222 e. The number of aryl methyl sites for hydroxylation is 1. The van der Waals surface area contributed by atoms with Gasteiger partial charge in [0, 0.05) is 30.0 Å². The smallest absolute Gasteiger partial charge is 0.222 e. The van der Waals surface area contributed by atoms with Crippen LogP contribution in [0.5, 0.6) is 0 Å². The Labute approximate surface area is 129 Å². The molecule has 1 atom stereocenters. The molecular weight excluding hydrogens is 276 g/mol. The van der Waals surface area contributed by atoms with Gasteiger partial charge < -0.3 is 15.6 Å². The van der Waals surface area contributed by atoms with E-state index in [1.807, 2.05) is 12.3 Å². The van der Waals surface area contributed by atoms with Crippen molar-refractivity contribution in [2.24, 2.45) is 5.73 Å². The highest BCUT2D eigenvalue weighted by Gasteiger charge is 2.40. The predicted molar refractivity (Wildman–Crippen MR) is 83.5 cm³/mol. The molecule has 0 spiro atoms. The zero-order valence-corrected chi connectivity index (χ0v) is 12.5. The second-order valence-corrected chi connectivity index (χ2v) is 6.48. The van der Waals surface area contributed by atoms with Crippen molar-refractivity contribution in [1.82, 2.24) is 14.9 Å². The normalized spacial score (nSPS) is 21.4. The average Bonchev–Trinajstić information content (AvgIpc) is 3.07. The van der Waals surface area contributed by atoms with E-state index in [9.17, 15) is 4.79 Å². The van der Waals surface area contributed by atoms with E-state index in [0.717, 1.165) is 37.2 Å². The number of para-hydroxylation sites is 1. The number of rotatable bonds is 3. The molecule has 2 aromatic rings. The fourth-order valence-corrected chi connectivity index (χ4v) is 3.20. The number of carbonyl (C=O) groups excluding carboxylic acids is 1. The Hall–Kier alpha value is -2.14. The number of fused-ring (bicyclic) bond motifs is 3. The van der Waals surface area contributed by atoms with Gasteiger partial charge in [0.1, 0.15) is 5.82 Å². The lowest BCUT2D eigenvalue weighted by molar-refractivity contribution is -0.122. The summed E-state index contributed by atoms with van der Waals surface area (Å²) in [6.45, 7) is 0. The Morgan fingerprint density at radius 3 is 3.05 bits per heavy atom. The highest BCUT2D eigenvalue weighted by Crippen LogP contribution is 2.36. The van der Waals surface area contributed by atoms with E-state index in [4.69, 9.17) is 5.73 Å². The summed E-state index contributed by atoms with van der Waals surface area (Å²) in [7, 11) is 0. The molecule has 0 radical (unpaired) electrons. The largest absolute Gasteiger partial charge is 0.346 e. The molecule has 1 aromatic carbocycles. The number of carbonyl (C=O) groups is 1. The second-order valence-electron chi connectivity index (χ2n) is 6.48. The first-order chi connectivity index (χ1) is 10.6. The van der Waals surface area contributed by atoms with E-state index >= 15 is 0 Å². The molecule has 22 heavy (non-hydrogen) atoms. The van der Waals surface area contributed by atoms with Crippen molar-refractivity contribution >= 4 is 5.91 Å². The van der Waals surface area contributed by atoms with Crippen molar-refractivity contribution < 1.29 is 4.79 Å². The third kappa shape index (κ3) is 2.41. The number of amides is 1. The molecule has 5 heteroatoms. The van der Waals surface area contributed by atoms with Crippen LogP contribution in [0.3, 0.4) is 0 Å². The number of benzene rings is 1. The molecule has 1 unspecified atom stereocenters. The summed E-state index contributed by atoms with van der Waals surface area (Å²) in [4.78, 5) is 16.7. The Morgan fingerprint density at radius 1 is 1.41 bits per heavy atom. The van der Waals surface area contributed by atoms with Gasteiger partial charge in [-0.15, -0.1) is 0 Å². The molecule has 1 aromatic heterocycles. The van der Waals surface area contributed by atoms with E-state index in [1.54, 1.807) is 6.20 Å². The average molecular weight is 296 g/mol. The molecule has 1 amide bonds. The molecule has 3 N–H and O–H groups in total. The van der Waals surface area contributed by atoms with E-state index < -0.39 is 0 Å². The van der Waals surface area contributed by atoms with Crippen molar-refractivity contribution in [3.63, 3.8) is 0 Å². The molecule has 4 rings (SSSR count). The first kappa shape index (κ1) is 13.5. The number of nitrogens with two attached hydrogens (primary N) is 1. The molecule has 1 saturated carbocycles. The minimum absolute atomic E-state index is 0.0329. The van der Waals surface area contributed by atoms with Crippen LogP contribution in [0.1, 0.15) is 43.1 Å². The summed E-state index contributed by atoms with van der Waals surface area (Å²) in [5, 5.41) is 3.13. The van der Waals surface area contributed by atoms with Gasteiger partial charge in [-0.3, -0.25) is 4.79 Å². The van der Waals surface area contributed by atoms with Crippen LogP contribution in [0.2, 0.25) is 0 Å². The fourth-order valence-electron chi connectivity index (χ4n) is 3.20. The van der Waals surface area contributed by atoms with Gasteiger partial charge >= 0.3 is 0 Å². The van der Waals surface area contributed by atoms with E-state index in [-0.39, 0.29) is 17.5 Å². The van der Waals surface area contributed by atoms with Gasteiger partial charge in [0.2, 0.25) is 5.91 Å². The van der Waals surface area contributed by atoms with Crippen LogP contribution in [0.4, 0.5) is 0 Å². The summed E-state index contributed by atoms with van der Waals surface area (Å²) < 4.78 is 2.09. The molecule has 114 valence electrons. The van der Waals surface area contributed by atoms with E-state index in [2.05, 4.69) is 33.1 Å². The number of nitrogens with one attached hydrogen (secondary N) is 1. The summed E-state index contributed by atoms with van der Waals surface area (Å²) in [6, 6.07) is 8.27. The summed E-state index contributed by atoms with van der Waals surface area (Å²) >= 11 is 0. The summed E-state index contributed by atoms with van der Waals surface area (Å²) in [5.74, 6) is 0.936. The maximum absolute atomic E-state index is 12.3. The minimum atomic E-state index is -0.257. The Bertz CT molecular complexity index is 717. The summed E-state index contributed by atoms with van der Waals surface area (Å²) in [6.07, 6.45) is 7.86. The number of imidazole rings is 1. The van der Waals surface area contributed by atoms with Crippen molar-refractivity contribution in [1.29, 1.82) is 0 Å². The van der Waals surface area contributed by atoms with E-state index in [1.165, 1.54) is 5.56 Å². The quantitative estimate of drug-likeness (QED) is 0.908. The third-order valence-electron chi connectivity index (χ3n) is 4.67. The standard InChI is InChI=1S/C17H20N4O/c18-17(7-8-17)11-15(22)20-13-6-5-12-3-1-2-4-14(12)21-10-9-19-16(13)21/h1-4,9-10,13H,5-8,11,18H2,(H,20,22). The van der Waals surface area contributed by atoms with Crippen LogP contribution in [-0.2, 0) is 11.2 Å². The lowest BCUT2D eigenvalue weighted by Gasteiger charge is -2.18. The van der Waals surface area contributed by atoms with Gasteiger partial charge in [0.15, 0.2) is 0 Å². The second kappa shape index (κ2) is 4.95. The Balaban J connectivity index is 1.59. The molecule has 1 aliphatic carbocycles. The topological polar surface area (TPSA) is 72.9 Å². The van der Waals surface area contributed by atoms with Crippen LogP contribution in [0.15, 0.2) is 36.7 Å². The van der Waals surface area contributed by atoms with Crippen LogP contribution < -0.4 is 11.1 Å². The highest BCUT2D eigenvalue weighted by atomic mass is 16.1. The van der Waals surface area contributed by atoms with Gasteiger partial charge in [-0.1, -0.05) is 18.2 Å². The van der Waals surface area contributed by atoms with Crippen LogP contribution in [0.25, 0.3) is 5.69 Å². The highest BCUT2D eigenvalue weighted by molar-refractivity contribution is 5.78. The van der Waals surface area contributed by atoms with Crippen molar-refractivity contribution in [3.8, 4) is 5.69 Å². The number of aromatic nitrogens is 2. The lowest BCUT2D eigenvalue weighted by Crippen LogP contribution is -2.36. The number of nitrogens with zero attached hydrogens (tertiary/aromatic N) is 2. The van der Waals surface area contributed by atoms with Gasteiger partial charge in [-0.25, -0.2) is 4.98 Å². The van der Waals surface area contributed by atoms with Gasteiger partial charge in [0.25, 0.3) is 0 Å². The zero-order valence-electron chi connectivity index (χ0n) is 12.5. The number of hydrogen-bond donors (Lipinski definition) is 2. The van der Waals surface area contributed by atoms with Crippen LogP contribution in [-0.4, -0.2) is 21.0 Å². The molecule has 0 saturated heterocycles. The third-order valence-corrected chi connectivity index (χ3v) is 4.67. The SMILES string of the molecule is NC1(CC(=O)NC2CCc3ccccc3-n3ccnc32)CC1. The van der Waals surface area contributed by atoms with E-state index in [0.29, 0.717) is 6.42 Å². The van der Waals surface area contributed by atoms with Crippen LogP contribution >= 0.6 is 0 Å². The maximum atomic E-state index is 12.3. The van der Waals surface area contributed by atoms with Crippen molar-refractivity contribution in [3.05, 3.63) is 48.0 Å². The Kier molecular flexibility index (Phi) is 3.04. The Morgan fingerprint density at radius 2 is 2.23 bits per heavy atom. The van der Waals surface area contributed by atoms with Gasteiger partial charge in [-0.05, 0) is 37.3 Å². The van der Waals surface area contributed by atoms with Crippen molar-refractivity contribution in [2.45, 2.75) is 43.7 Å². The number of hydrogen-bond acceptors (Lipinski definition) is 3. The zero-order chi connectivity index (χ0) is 15.2. The first-order valence-electron chi connectivity index (χ1n) is 7.84. The molecule has 1 fully saturated rings. The minimum Gasteiger partial charge on any atom is -0.346 e. The first-order valence-corrected chi connectivity index (χ1v) is 7.84. The predicted octanol–water partition coefficient (Wildman–Crippen LogP) is 1.86. The lowest BCUT2D eigenvalue weighted by atomic mass is 10.0. The van der Waals surface area contributed by atoms with Gasteiger partial charge in [0.05, 0.1) is 6.04 Å². The molecule has 2 heterocycles. The summed E-state index contributed by atoms with van der Waals surface area (Å²) in [5.41, 5.74) is 8.23. The van der Waals surface area contributed by atoms with Gasteiger partial charge in [-0.2, -0.15) is 0 Å². The van der Waals surface area contributed by atoms with Crippen molar-refractivity contribution in [2.75, 3.05) is 0 Å².